The molecule has 3 aromatic heterocycles. The molecule has 10 heteroatoms. The molecule has 4 aromatic rings. The molecule has 0 spiro atoms. The van der Waals surface area contributed by atoms with Gasteiger partial charge in [-0.3, -0.25) is 14.6 Å². The molecule has 0 aliphatic rings. The molecule has 2 amide bonds. The van der Waals surface area contributed by atoms with Crippen LogP contribution in [0.2, 0.25) is 0 Å². The number of carbonyl (C=O) groups excluding carboxylic acids is 1. The molecule has 0 fully saturated rings. The number of rotatable bonds is 7. The number of aliphatic hydroxyl groups is 1. The van der Waals surface area contributed by atoms with E-state index in [9.17, 15) is 9.90 Å². The molecular weight excluding hydrogens is 463 g/mol. The number of benzene rings is 1. The Bertz CT molecular complexity index is 1400. The summed E-state index contributed by atoms with van der Waals surface area (Å²) in [5, 5.41) is 18.9. The molecule has 0 radical (unpaired) electrons. The summed E-state index contributed by atoms with van der Waals surface area (Å²) in [7, 11) is 1.82. The summed E-state index contributed by atoms with van der Waals surface area (Å²) in [6, 6.07) is 7.54. The van der Waals surface area contributed by atoms with Gasteiger partial charge in [-0.05, 0) is 36.8 Å². The number of halogens is 1. The molecule has 0 bridgehead atoms. The normalized spacial score (nSPS) is 11.3. The Balaban J connectivity index is 1.46. The van der Waals surface area contributed by atoms with E-state index in [4.69, 9.17) is 4.74 Å². The first-order chi connectivity index (χ1) is 17.2. The number of aryl methyl sites for hydroxylation is 1. The second-order valence-electron chi connectivity index (χ2n) is 9.02. The number of hydrogen-bond donors (Lipinski definition) is 3. The van der Waals surface area contributed by atoms with Crippen LogP contribution in [0.5, 0.6) is 11.5 Å². The minimum absolute atomic E-state index is 0.00271. The highest BCUT2D eigenvalue weighted by Gasteiger charge is 2.21. The van der Waals surface area contributed by atoms with Gasteiger partial charge in [-0.25, -0.2) is 9.18 Å². The van der Waals surface area contributed by atoms with E-state index in [1.807, 2.05) is 27.1 Å². The van der Waals surface area contributed by atoms with E-state index in [1.165, 1.54) is 12.3 Å². The number of hydrogen-bond acceptors (Lipinski definition) is 6. The summed E-state index contributed by atoms with van der Waals surface area (Å²) < 4.78 is 22.7. The quantitative estimate of drug-likeness (QED) is 0.335. The van der Waals surface area contributed by atoms with Crippen molar-refractivity contribution in [2.45, 2.75) is 26.2 Å². The predicted molar refractivity (Wildman–Crippen MR) is 135 cm³/mol. The van der Waals surface area contributed by atoms with Crippen molar-refractivity contribution in [1.29, 1.82) is 0 Å². The average Bonchev–Trinajstić information content (AvgIpc) is 3.30. The zero-order valence-electron chi connectivity index (χ0n) is 20.4. The van der Waals surface area contributed by atoms with Gasteiger partial charge in [-0.1, -0.05) is 13.8 Å². The standard InChI is InChI=1S/C26H27FN6O3/c1-16-23(36-20-7-8-29-22(10-20)17-11-30-33(4)14-17)6-5-21(24(16)27)32-25(35)31-19-9-18(12-28-13-19)26(2,3)15-34/h5-14,34H,15H2,1-4H3,(H2,31,32,35). The number of ether oxygens (including phenoxy) is 1. The molecule has 4 rings (SSSR count). The fourth-order valence-electron chi connectivity index (χ4n) is 3.44. The molecule has 186 valence electrons. The van der Waals surface area contributed by atoms with Gasteiger partial charge in [0.05, 0.1) is 36.1 Å². The van der Waals surface area contributed by atoms with Crippen LogP contribution in [0.25, 0.3) is 11.3 Å². The summed E-state index contributed by atoms with van der Waals surface area (Å²) in [5.41, 5.74) is 2.41. The highest BCUT2D eigenvalue weighted by Crippen LogP contribution is 2.32. The van der Waals surface area contributed by atoms with Crippen molar-refractivity contribution in [2.24, 2.45) is 7.05 Å². The molecular formula is C26H27FN6O3. The van der Waals surface area contributed by atoms with Crippen molar-refractivity contribution < 1.29 is 19.0 Å². The van der Waals surface area contributed by atoms with E-state index in [1.54, 1.807) is 54.5 Å². The van der Waals surface area contributed by atoms with Crippen LogP contribution in [0.3, 0.4) is 0 Å². The van der Waals surface area contributed by atoms with E-state index < -0.39 is 17.3 Å². The minimum atomic E-state index is -0.627. The van der Waals surface area contributed by atoms with Crippen molar-refractivity contribution in [3.63, 3.8) is 0 Å². The number of pyridine rings is 2. The van der Waals surface area contributed by atoms with Crippen LogP contribution < -0.4 is 15.4 Å². The lowest BCUT2D eigenvalue weighted by molar-refractivity contribution is 0.218. The van der Waals surface area contributed by atoms with Crippen LogP contribution in [-0.4, -0.2) is 37.5 Å². The van der Waals surface area contributed by atoms with Gasteiger partial charge in [0.25, 0.3) is 0 Å². The van der Waals surface area contributed by atoms with Gasteiger partial charge in [0.2, 0.25) is 0 Å². The van der Waals surface area contributed by atoms with Gasteiger partial charge in [0.1, 0.15) is 11.5 Å². The third kappa shape index (κ3) is 5.49. The summed E-state index contributed by atoms with van der Waals surface area (Å²) >= 11 is 0. The summed E-state index contributed by atoms with van der Waals surface area (Å²) in [4.78, 5) is 21.0. The summed E-state index contributed by atoms with van der Waals surface area (Å²) in [6.07, 6.45) is 8.24. The fraction of sp³-hybridized carbons (Fsp3) is 0.231. The maximum atomic E-state index is 15.1. The van der Waals surface area contributed by atoms with Crippen LogP contribution in [0.15, 0.2) is 61.3 Å². The van der Waals surface area contributed by atoms with E-state index in [-0.39, 0.29) is 17.9 Å². The number of aliphatic hydroxyl groups excluding tert-OH is 1. The van der Waals surface area contributed by atoms with Gasteiger partial charge in [-0.2, -0.15) is 5.10 Å². The van der Waals surface area contributed by atoms with Crippen molar-refractivity contribution in [1.82, 2.24) is 19.7 Å². The van der Waals surface area contributed by atoms with Crippen LogP contribution in [0.1, 0.15) is 25.0 Å². The van der Waals surface area contributed by atoms with Crippen LogP contribution in [-0.2, 0) is 12.5 Å². The van der Waals surface area contributed by atoms with Gasteiger partial charge in [0, 0.05) is 48.2 Å². The van der Waals surface area contributed by atoms with Crippen molar-refractivity contribution in [3.8, 4) is 22.8 Å². The first-order valence-electron chi connectivity index (χ1n) is 11.2. The number of carbonyl (C=O) groups is 1. The lowest BCUT2D eigenvalue weighted by Crippen LogP contribution is -2.24. The summed E-state index contributed by atoms with van der Waals surface area (Å²) in [5.74, 6) is 0.186. The Morgan fingerprint density at radius 2 is 1.97 bits per heavy atom. The van der Waals surface area contributed by atoms with Crippen LogP contribution >= 0.6 is 0 Å². The number of aromatic nitrogens is 4. The molecule has 9 nitrogen and oxygen atoms in total. The lowest BCUT2D eigenvalue weighted by Gasteiger charge is -2.22. The number of urea groups is 1. The minimum Gasteiger partial charge on any atom is -0.457 e. The Labute approximate surface area is 208 Å². The number of nitrogens with one attached hydrogen (secondary N) is 2. The Morgan fingerprint density at radius 1 is 1.17 bits per heavy atom. The molecule has 36 heavy (non-hydrogen) atoms. The second kappa shape index (κ2) is 10.1. The van der Waals surface area contributed by atoms with E-state index in [0.717, 1.165) is 11.1 Å². The highest BCUT2D eigenvalue weighted by molar-refractivity contribution is 5.99. The molecule has 0 aliphatic carbocycles. The average molecular weight is 491 g/mol. The molecule has 0 atom stereocenters. The Morgan fingerprint density at radius 3 is 2.69 bits per heavy atom. The number of nitrogens with zero attached hydrogens (tertiary/aromatic N) is 4. The van der Waals surface area contributed by atoms with Crippen LogP contribution in [0.4, 0.5) is 20.6 Å². The first-order valence-corrected chi connectivity index (χ1v) is 11.2. The smallest absolute Gasteiger partial charge is 0.323 e. The topological polar surface area (TPSA) is 114 Å². The number of anilines is 2. The van der Waals surface area contributed by atoms with Gasteiger partial charge in [0.15, 0.2) is 5.82 Å². The Hall–Kier alpha value is -4.31. The predicted octanol–water partition coefficient (Wildman–Crippen LogP) is 5.03. The Kier molecular flexibility index (Phi) is 6.98. The van der Waals surface area contributed by atoms with Gasteiger partial charge >= 0.3 is 6.03 Å². The van der Waals surface area contributed by atoms with E-state index in [0.29, 0.717) is 22.9 Å². The van der Waals surface area contributed by atoms with Crippen molar-refractivity contribution in [3.05, 3.63) is 78.3 Å². The first kappa shape index (κ1) is 24.8. The monoisotopic (exact) mass is 490 g/mol. The zero-order valence-corrected chi connectivity index (χ0v) is 20.4. The van der Waals surface area contributed by atoms with E-state index >= 15 is 4.39 Å². The molecule has 3 heterocycles. The molecule has 0 saturated carbocycles. The highest BCUT2D eigenvalue weighted by atomic mass is 19.1. The fourth-order valence-corrected chi connectivity index (χ4v) is 3.44. The SMILES string of the molecule is Cc1c(Oc2ccnc(-c3cnn(C)c3)c2)ccc(NC(=O)Nc2cncc(C(C)(C)CO)c2)c1F. The van der Waals surface area contributed by atoms with Crippen molar-refractivity contribution in [2.75, 3.05) is 17.2 Å². The van der Waals surface area contributed by atoms with Gasteiger partial charge in [-0.15, -0.1) is 0 Å². The van der Waals surface area contributed by atoms with Crippen molar-refractivity contribution >= 4 is 17.4 Å². The van der Waals surface area contributed by atoms with E-state index in [2.05, 4.69) is 25.7 Å². The maximum absolute atomic E-state index is 15.1. The maximum Gasteiger partial charge on any atom is 0.323 e. The third-order valence-corrected chi connectivity index (χ3v) is 5.72. The molecule has 3 N–H and O–H groups in total. The molecule has 0 unspecified atom stereocenters. The largest absolute Gasteiger partial charge is 0.457 e. The zero-order chi connectivity index (χ0) is 25.9. The lowest BCUT2D eigenvalue weighted by atomic mass is 9.87. The summed E-state index contributed by atoms with van der Waals surface area (Å²) in [6.45, 7) is 5.22. The molecule has 0 saturated heterocycles. The van der Waals surface area contributed by atoms with Crippen LogP contribution in [0, 0.1) is 12.7 Å². The molecule has 1 aromatic carbocycles. The molecule has 0 aliphatic heterocycles. The van der Waals surface area contributed by atoms with Gasteiger partial charge < -0.3 is 20.5 Å². The number of amides is 2. The third-order valence-electron chi connectivity index (χ3n) is 5.72. The second-order valence-corrected chi connectivity index (χ2v) is 9.02.